The lowest BCUT2D eigenvalue weighted by molar-refractivity contribution is -0.406. The number of phenolic OH excluding ortho intramolecular Hbond substituents is 1. The fourth-order valence-corrected chi connectivity index (χ4v) is 7.29. The van der Waals surface area contributed by atoms with E-state index in [4.69, 9.17) is 5.73 Å². The van der Waals surface area contributed by atoms with Crippen molar-refractivity contribution >= 4 is 67.3 Å². The Balaban J connectivity index is 2.34. The number of quaternary nitrogens is 2. The highest BCUT2D eigenvalue weighted by Gasteiger charge is 2.40. The molecule has 0 radical (unpaired) electrons. The summed E-state index contributed by atoms with van der Waals surface area (Å²) in [7, 11) is -5.05. The van der Waals surface area contributed by atoms with Crippen molar-refractivity contribution < 1.29 is 93.9 Å². The third-order valence-electron chi connectivity index (χ3n) is 11.1. The molecule has 31 heteroatoms. The number of aromatic amines is 1. The summed E-state index contributed by atoms with van der Waals surface area (Å²) in [4.78, 5) is 167. The molecule has 0 saturated carbocycles. The number of aromatic hydroxyl groups is 1. The van der Waals surface area contributed by atoms with Crippen LogP contribution in [0.2, 0.25) is 0 Å². The average molecular weight is 1090 g/mol. The summed E-state index contributed by atoms with van der Waals surface area (Å²) in [5.41, 5.74) is 13.6. The number of hydrogen-bond acceptors (Lipinski definition) is 17. The lowest BCUT2D eigenvalue weighted by atomic mass is 9.98. The predicted molar refractivity (Wildman–Crippen MR) is 261 cm³/mol. The number of carbonyl (C=O) groups is 10. The van der Waals surface area contributed by atoms with Crippen molar-refractivity contribution in [1.82, 2.24) is 52.5 Å². The first-order valence-electron chi connectivity index (χ1n) is 23.7. The van der Waals surface area contributed by atoms with Crippen LogP contribution in [0.1, 0.15) is 71.6 Å². The van der Waals surface area contributed by atoms with Crippen LogP contribution in [-0.2, 0) is 65.3 Å². The van der Waals surface area contributed by atoms with Gasteiger partial charge in [0.2, 0.25) is 47.3 Å². The SMILES string of the molecule is CC(C)[C@H](NC(=O)[C@H](Cc1ccc(O)cc1)NC(=O)[C@H](CC(N)=O)NC(=O)CNC(=O)[C@@H]([NH3+])CCCC[NH3+])C(=O)N[C@H](C(=O)N[C@H](C(=O)N[C@@H](CO[P+](O)(O)O)C(=O)N[C@@H](Cc1cnc[nH]1)C(=O)O)[C@@H](C)O)C(C)C. The van der Waals surface area contributed by atoms with Crippen LogP contribution in [0.15, 0.2) is 36.8 Å². The summed E-state index contributed by atoms with van der Waals surface area (Å²) < 4.78 is 4.54. The number of aliphatic hydroxyl groups excluding tert-OH is 1. The molecule has 418 valence electrons. The second-order valence-electron chi connectivity index (χ2n) is 18.2. The number of aromatic nitrogens is 2. The Kier molecular flexibility index (Phi) is 26.6. The zero-order valence-electron chi connectivity index (χ0n) is 42.2. The number of aliphatic hydroxyl groups is 1. The van der Waals surface area contributed by atoms with E-state index in [1.807, 2.05) is 0 Å². The first-order chi connectivity index (χ1) is 35.0. The van der Waals surface area contributed by atoms with E-state index in [1.54, 1.807) is 0 Å². The van der Waals surface area contributed by atoms with Gasteiger partial charge in [-0.05, 0) is 49.3 Å². The van der Waals surface area contributed by atoms with E-state index in [0.717, 1.165) is 13.3 Å². The molecule has 9 atom stereocenters. The number of carbonyl (C=O) groups excluding carboxylic acids is 9. The number of amides is 9. The molecule has 9 amide bonds. The zero-order chi connectivity index (χ0) is 56.7. The highest BCUT2D eigenvalue weighted by Crippen LogP contribution is 2.45. The summed E-state index contributed by atoms with van der Waals surface area (Å²) in [5.74, 6) is -12.2. The minimum atomic E-state index is -5.05. The second-order valence-corrected chi connectivity index (χ2v) is 19.5. The van der Waals surface area contributed by atoms with E-state index >= 15 is 0 Å². The van der Waals surface area contributed by atoms with Gasteiger partial charge in [0.15, 0.2) is 6.04 Å². The molecule has 2 rings (SSSR count). The summed E-state index contributed by atoms with van der Waals surface area (Å²) in [6, 6.07) is -6.90. The van der Waals surface area contributed by atoms with Crippen LogP contribution in [-0.4, -0.2) is 173 Å². The standard InChI is InChI=1S/C44H70N13O17P/c1-21(2)34(55-39(64)28(14-24-9-11-26(59)12-10-24)52-38(63)29(16-32(47)60)51-33(61)18-49-37(62)27(46)8-6-7-13-45)41(66)56-35(22(3)4)42(67)57-36(23(5)58)43(68)54-31(19-74-75(71,72)73)40(65)53-30(44(69)70)15-25-17-48-20-50-25/h9-12,17,20-23,27-31,34-36,58,71-73H,6-8,13-16,18-19,45-46H2,1-5H3,(H12-,47,48,49,50,51,52,53,54,55,56,57,59,60,61,62,63,64,65,66,67,68,69,70)/p+3/t23-,27+,28+,29+,30+,31+,34+,35+,36+/m1/s1. The molecule has 2 aromatic rings. The Labute approximate surface area is 431 Å². The topological polar surface area (TPSA) is 508 Å². The van der Waals surface area contributed by atoms with Crippen molar-refractivity contribution in [3.8, 4) is 5.75 Å². The maximum atomic E-state index is 14.2. The molecule has 0 aliphatic rings. The molecule has 0 bridgehead atoms. The van der Waals surface area contributed by atoms with E-state index in [9.17, 15) is 77.9 Å². The van der Waals surface area contributed by atoms with Crippen molar-refractivity contribution in [1.29, 1.82) is 0 Å². The molecule has 0 saturated heterocycles. The zero-order valence-corrected chi connectivity index (χ0v) is 43.1. The monoisotopic (exact) mass is 1090 g/mol. The fourth-order valence-electron chi connectivity index (χ4n) is 6.94. The molecule has 30 nitrogen and oxygen atoms in total. The molecule has 0 spiro atoms. The third-order valence-corrected chi connectivity index (χ3v) is 11.6. The minimum absolute atomic E-state index is 0.125. The third kappa shape index (κ3) is 23.4. The first-order valence-corrected chi connectivity index (χ1v) is 25.3. The molecule has 0 fully saturated rings. The normalized spacial score (nSPS) is 15.1. The predicted octanol–water partition coefficient (Wildman–Crippen LogP) is -7.24. The van der Waals surface area contributed by atoms with E-state index in [2.05, 4.69) is 68.5 Å². The minimum Gasteiger partial charge on any atom is -0.508 e. The number of nitrogens with two attached hydrogens (primary N) is 1. The van der Waals surface area contributed by atoms with Gasteiger partial charge in [0.05, 0.1) is 31.9 Å². The molecule has 0 aliphatic heterocycles. The van der Waals surface area contributed by atoms with Gasteiger partial charge in [-0.15, -0.1) is 0 Å². The number of benzene rings is 1. The number of nitrogens with zero attached hydrogens (tertiary/aromatic N) is 1. The van der Waals surface area contributed by atoms with Gasteiger partial charge in [-0.3, -0.25) is 43.2 Å². The molecule has 1 heterocycles. The number of nitrogens with one attached hydrogen (secondary N) is 9. The number of imidazole rings is 1. The maximum Gasteiger partial charge on any atom is 0.567 e. The van der Waals surface area contributed by atoms with Gasteiger partial charge in [0.25, 0.3) is 5.91 Å². The van der Waals surface area contributed by atoms with Crippen LogP contribution >= 0.6 is 8.17 Å². The molecule has 23 N–H and O–H groups in total. The lowest BCUT2D eigenvalue weighted by Gasteiger charge is -2.30. The Morgan fingerprint density at radius 2 is 1.21 bits per heavy atom. The largest absolute Gasteiger partial charge is 0.567 e. The number of carboxylic acid groups (broad SMARTS) is 1. The number of unbranched alkanes of at least 4 members (excludes halogenated alkanes) is 1. The number of primary amides is 1. The van der Waals surface area contributed by atoms with Crippen molar-refractivity contribution in [2.24, 2.45) is 17.6 Å². The van der Waals surface area contributed by atoms with Gasteiger partial charge in [-0.1, -0.05) is 39.8 Å². The van der Waals surface area contributed by atoms with Gasteiger partial charge < -0.3 is 80.0 Å². The molecule has 1 aromatic carbocycles. The Morgan fingerprint density at radius 1 is 0.693 bits per heavy atom. The van der Waals surface area contributed by atoms with Crippen LogP contribution in [0.5, 0.6) is 5.75 Å². The smallest absolute Gasteiger partial charge is 0.508 e. The number of aliphatic carboxylic acids is 1. The molecular weight excluding hydrogens is 1010 g/mol. The molecule has 0 unspecified atom stereocenters. The molecule has 0 aliphatic carbocycles. The van der Waals surface area contributed by atoms with Crippen LogP contribution in [0.4, 0.5) is 0 Å². The van der Waals surface area contributed by atoms with E-state index in [1.165, 1.54) is 64.5 Å². The Hall–Kier alpha value is -6.92. The van der Waals surface area contributed by atoms with E-state index in [0.29, 0.717) is 24.9 Å². The van der Waals surface area contributed by atoms with Crippen molar-refractivity contribution in [3.05, 3.63) is 48.0 Å². The van der Waals surface area contributed by atoms with Gasteiger partial charge in [0, 0.05) is 31.2 Å². The number of rotatable bonds is 33. The Bertz CT molecular complexity index is 2250. The van der Waals surface area contributed by atoms with Gasteiger partial charge >= 0.3 is 14.1 Å². The van der Waals surface area contributed by atoms with Crippen LogP contribution in [0.25, 0.3) is 0 Å². The highest BCUT2D eigenvalue weighted by atomic mass is 31.2. The summed E-state index contributed by atoms with van der Waals surface area (Å²) >= 11 is 0. The van der Waals surface area contributed by atoms with Gasteiger partial charge in [-0.2, -0.15) is 19.2 Å². The summed E-state index contributed by atoms with van der Waals surface area (Å²) in [6.07, 6.45) is 1.34. The average Bonchev–Trinajstić information content (AvgIpc) is 3.84. The number of carboxylic acids is 1. The maximum absolute atomic E-state index is 14.2. The summed E-state index contributed by atoms with van der Waals surface area (Å²) in [6.45, 7) is 6.07. The van der Waals surface area contributed by atoms with Crippen LogP contribution < -0.4 is 59.7 Å². The van der Waals surface area contributed by atoms with Gasteiger partial charge in [-0.25, -0.2) is 9.78 Å². The molecular formula is C44H73N13O17P+3. The molecule has 75 heavy (non-hydrogen) atoms. The summed E-state index contributed by atoms with van der Waals surface area (Å²) in [5, 5.41) is 49.1. The van der Waals surface area contributed by atoms with Crippen LogP contribution in [0, 0.1) is 11.8 Å². The van der Waals surface area contributed by atoms with E-state index in [-0.39, 0.29) is 24.3 Å². The Morgan fingerprint density at radius 3 is 1.72 bits per heavy atom. The quantitative estimate of drug-likeness (QED) is 0.0233. The number of hydrogen-bond donors (Lipinski definition) is 18. The number of H-pyrrole nitrogens is 1. The number of phenols is 1. The van der Waals surface area contributed by atoms with Crippen LogP contribution in [0.3, 0.4) is 0 Å². The lowest BCUT2D eigenvalue weighted by Crippen LogP contribution is -2.68. The van der Waals surface area contributed by atoms with Gasteiger partial charge in [0.1, 0.15) is 54.6 Å². The van der Waals surface area contributed by atoms with Crippen molar-refractivity contribution in [2.75, 3.05) is 19.7 Å². The second kappa shape index (κ2) is 31.1. The molecule has 1 aromatic heterocycles. The first kappa shape index (κ1) is 64.2. The van der Waals surface area contributed by atoms with Crippen molar-refractivity contribution in [2.45, 2.75) is 128 Å². The fraction of sp³-hybridized carbons (Fsp3) is 0.568. The van der Waals surface area contributed by atoms with E-state index < -0.39 is 153 Å². The van der Waals surface area contributed by atoms with Crippen molar-refractivity contribution in [3.63, 3.8) is 0 Å². The highest BCUT2D eigenvalue weighted by molar-refractivity contribution is 7.53.